The maximum absolute atomic E-state index is 12.5. The summed E-state index contributed by atoms with van der Waals surface area (Å²) in [5.41, 5.74) is -0.415. The molecule has 2 aromatic rings. The first-order valence-electron chi connectivity index (χ1n) is 11.8. The highest BCUT2D eigenvalue weighted by Crippen LogP contribution is 2.22. The molecule has 2 rings (SSSR count). The second kappa shape index (κ2) is 13.1. The monoisotopic (exact) mass is 426 g/mol. The van der Waals surface area contributed by atoms with Crippen molar-refractivity contribution in [1.82, 2.24) is 0 Å². The molecule has 31 heavy (non-hydrogen) atoms. The average Bonchev–Trinajstić information content (AvgIpc) is 2.78. The van der Waals surface area contributed by atoms with E-state index < -0.39 is 17.4 Å². The minimum Gasteiger partial charge on any atom is -0.465 e. The predicted molar refractivity (Wildman–Crippen MR) is 126 cm³/mol. The van der Waals surface area contributed by atoms with Gasteiger partial charge in [-0.15, -0.1) is 0 Å². The van der Waals surface area contributed by atoms with Gasteiger partial charge in [-0.1, -0.05) is 94.7 Å². The summed E-state index contributed by atoms with van der Waals surface area (Å²) < 4.78 is 10.8. The second-order valence-electron chi connectivity index (χ2n) is 8.85. The largest absolute Gasteiger partial charge is 0.465 e. The number of hydrogen-bond donors (Lipinski definition) is 0. The van der Waals surface area contributed by atoms with Gasteiger partial charge in [-0.25, -0.2) is 0 Å². The fourth-order valence-corrected chi connectivity index (χ4v) is 3.50. The number of carbonyl (C=O) groups excluding carboxylic acids is 2. The van der Waals surface area contributed by atoms with Crippen molar-refractivity contribution in [3.05, 3.63) is 48.0 Å². The molecule has 0 aliphatic heterocycles. The van der Waals surface area contributed by atoms with Crippen LogP contribution in [-0.4, -0.2) is 18.5 Å². The standard InChI is InChI=1S/C27H38O4/c1-4-5-6-7-8-9-10-11-14-19-30-25(28)27(2,3)26(29)31-21-22-17-18-23-15-12-13-16-24(23)20-22/h12-13,15-18,20H,4-11,14,19,21H2,1-3H3. The quantitative estimate of drug-likeness (QED) is 0.186. The highest BCUT2D eigenvalue weighted by atomic mass is 16.6. The van der Waals surface area contributed by atoms with E-state index in [1.54, 1.807) is 13.8 Å². The van der Waals surface area contributed by atoms with Crippen LogP contribution in [0.15, 0.2) is 42.5 Å². The molecule has 0 aromatic heterocycles. The molecule has 0 unspecified atom stereocenters. The van der Waals surface area contributed by atoms with Gasteiger partial charge < -0.3 is 9.47 Å². The first-order valence-corrected chi connectivity index (χ1v) is 11.8. The lowest BCUT2D eigenvalue weighted by atomic mass is 9.94. The maximum Gasteiger partial charge on any atom is 0.323 e. The van der Waals surface area contributed by atoms with Crippen LogP contribution >= 0.6 is 0 Å². The first kappa shape index (κ1) is 24.9. The van der Waals surface area contributed by atoms with Crippen molar-refractivity contribution in [1.29, 1.82) is 0 Å². The third kappa shape index (κ3) is 8.35. The van der Waals surface area contributed by atoms with Gasteiger partial charge in [0.25, 0.3) is 0 Å². The van der Waals surface area contributed by atoms with Crippen molar-refractivity contribution in [2.75, 3.05) is 6.61 Å². The molecule has 0 fully saturated rings. The predicted octanol–water partition coefficient (Wildman–Crippen LogP) is 6.98. The molecule has 4 nitrogen and oxygen atoms in total. The Morgan fingerprint density at radius 2 is 1.32 bits per heavy atom. The zero-order valence-corrected chi connectivity index (χ0v) is 19.5. The number of ether oxygens (including phenoxy) is 2. The molecule has 2 aromatic carbocycles. The van der Waals surface area contributed by atoms with E-state index in [-0.39, 0.29) is 6.61 Å². The van der Waals surface area contributed by atoms with Crippen LogP contribution in [0.25, 0.3) is 10.8 Å². The van der Waals surface area contributed by atoms with Gasteiger partial charge in [-0.05, 0) is 42.7 Å². The van der Waals surface area contributed by atoms with Crippen LogP contribution in [0, 0.1) is 5.41 Å². The summed E-state index contributed by atoms with van der Waals surface area (Å²) in [5.74, 6) is -1.08. The zero-order valence-electron chi connectivity index (χ0n) is 19.5. The lowest BCUT2D eigenvalue weighted by Crippen LogP contribution is -2.36. The Balaban J connectivity index is 1.66. The molecular weight excluding hydrogens is 388 g/mol. The van der Waals surface area contributed by atoms with E-state index in [4.69, 9.17) is 9.47 Å². The number of unbranched alkanes of at least 4 members (excludes halogenated alkanes) is 8. The van der Waals surface area contributed by atoms with Gasteiger partial charge in [-0.3, -0.25) is 9.59 Å². The molecule has 170 valence electrons. The van der Waals surface area contributed by atoms with Crippen molar-refractivity contribution in [2.24, 2.45) is 5.41 Å². The Morgan fingerprint density at radius 1 is 0.742 bits per heavy atom. The summed E-state index contributed by atoms with van der Waals surface area (Å²) in [6.45, 7) is 5.85. The topological polar surface area (TPSA) is 52.6 Å². The average molecular weight is 427 g/mol. The number of benzene rings is 2. The Kier molecular flexibility index (Phi) is 10.6. The van der Waals surface area contributed by atoms with Gasteiger partial charge in [0.05, 0.1) is 6.61 Å². The number of rotatable bonds is 14. The molecule has 4 heteroatoms. The highest BCUT2D eigenvalue weighted by molar-refractivity contribution is 5.99. The van der Waals surface area contributed by atoms with Gasteiger partial charge in [0.15, 0.2) is 5.41 Å². The Hall–Kier alpha value is -2.36. The lowest BCUT2D eigenvalue weighted by molar-refractivity contribution is -0.170. The summed E-state index contributed by atoms with van der Waals surface area (Å²) in [4.78, 5) is 24.9. The summed E-state index contributed by atoms with van der Waals surface area (Å²) >= 11 is 0. The van der Waals surface area contributed by atoms with E-state index >= 15 is 0 Å². The van der Waals surface area contributed by atoms with Gasteiger partial charge in [0, 0.05) is 0 Å². The first-order chi connectivity index (χ1) is 14.9. The fraction of sp³-hybridized carbons (Fsp3) is 0.556. The van der Waals surface area contributed by atoms with Crippen molar-refractivity contribution in [2.45, 2.75) is 85.2 Å². The van der Waals surface area contributed by atoms with E-state index in [9.17, 15) is 9.59 Å². The van der Waals surface area contributed by atoms with Crippen molar-refractivity contribution in [3.8, 4) is 0 Å². The molecule has 0 aliphatic rings. The molecule has 0 N–H and O–H groups in total. The molecule has 0 amide bonds. The third-order valence-corrected chi connectivity index (χ3v) is 5.69. The van der Waals surface area contributed by atoms with Gasteiger partial charge in [-0.2, -0.15) is 0 Å². The third-order valence-electron chi connectivity index (χ3n) is 5.69. The Labute approximate surface area is 187 Å². The number of fused-ring (bicyclic) bond motifs is 1. The van der Waals surface area contributed by atoms with E-state index in [1.165, 1.54) is 44.9 Å². The summed E-state index contributed by atoms with van der Waals surface area (Å²) in [5, 5.41) is 2.23. The summed E-state index contributed by atoms with van der Waals surface area (Å²) in [6, 6.07) is 14.0. The van der Waals surface area contributed by atoms with Crippen molar-refractivity contribution < 1.29 is 19.1 Å². The van der Waals surface area contributed by atoms with Crippen LogP contribution in [0.1, 0.15) is 84.1 Å². The molecule has 0 heterocycles. The lowest BCUT2D eigenvalue weighted by Gasteiger charge is -2.21. The van der Waals surface area contributed by atoms with Crippen LogP contribution in [-0.2, 0) is 25.7 Å². The smallest absolute Gasteiger partial charge is 0.323 e. The van der Waals surface area contributed by atoms with Crippen LogP contribution in [0.4, 0.5) is 0 Å². The normalized spacial score (nSPS) is 11.5. The molecule has 0 bridgehead atoms. The molecule has 0 spiro atoms. The van der Waals surface area contributed by atoms with Crippen molar-refractivity contribution >= 4 is 22.7 Å². The Bertz CT molecular complexity index is 825. The number of carbonyl (C=O) groups is 2. The van der Waals surface area contributed by atoms with E-state index in [2.05, 4.69) is 6.92 Å². The van der Waals surface area contributed by atoms with Gasteiger partial charge >= 0.3 is 11.9 Å². The maximum atomic E-state index is 12.5. The molecule has 0 saturated carbocycles. The van der Waals surface area contributed by atoms with Crippen LogP contribution < -0.4 is 0 Å². The van der Waals surface area contributed by atoms with E-state index in [0.29, 0.717) is 6.61 Å². The Morgan fingerprint density at radius 3 is 2.00 bits per heavy atom. The van der Waals surface area contributed by atoms with Crippen LogP contribution in [0.2, 0.25) is 0 Å². The van der Waals surface area contributed by atoms with Gasteiger partial charge in [0.1, 0.15) is 6.61 Å². The fourth-order valence-electron chi connectivity index (χ4n) is 3.50. The summed E-state index contributed by atoms with van der Waals surface area (Å²) in [7, 11) is 0. The van der Waals surface area contributed by atoms with Crippen LogP contribution in [0.3, 0.4) is 0 Å². The molecule has 0 saturated heterocycles. The molecule has 0 radical (unpaired) electrons. The minimum absolute atomic E-state index is 0.138. The SMILES string of the molecule is CCCCCCCCCCCOC(=O)C(C)(C)C(=O)OCc1ccc2ccccc2c1. The molecule has 0 atom stereocenters. The zero-order chi connectivity index (χ0) is 22.5. The van der Waals surface area contributed by atoms with Gasteiger partial charge in [0.2, 0.25) is 0 Å². The van der Waals surface area contributed by atoms with Crippen molar-refractivity contribution in [3.63, 3.8) is 0 Å². The second-order valence-corrected chi connectivity index (χ2v) is 8.85. The summed E-state index contributed by atoms with van der Waals surface area (Å²) in [6.07, 6.45) is 10.8. The highest BCUT2D eigenvalue weighted by Gasteiger charge is 2.39. The number of hydrogen-bond acceptors (Lipinski definition) is 4. The van der Waals surface area contributed by atoms with E-state index in [1.807, 2.05) is 42.5 Å². The minimum atomic E-state index is -1.31. The molecular formula is C27H38O4. The van der Waals surface area contributed by atoms with Crippen LogP contribution in [0.5, 0.6) is 0 Å². The number of esters is 2. The molecule has 0 aliphatic carbocycles. The van der Waals surface area contributed by atoms with E-state index in [0.717, 1.165) is 29.2 Å².